The molecule has 2 heterocycles. The van der Waals surface area contributed by atoms with Gasteiger partial charge in [0.15, 0.2) is 6.29 Å². The molecule has 2 aliphatic heterocycles. The van der Waals surface area contributed by atoms with E-state index in [1.165, 1.54) is 6.42 Å². The van der Waals surface area contributed by atoms with E-state index in [1.807, 2.05) is 26.8 Å². The molecule has 3 aliphatic rings. The van der Waals surface area contributed by atoms with Gasteiger partial charge in [0.1, 0.15) is 17.4 Å². The summed E-state index contributed by atoms with van der Waals surface area (Å²) in [4.78, 5) is 21.8. The first-order valence-electron chi connectivity index (χ1n) is 8.07. The van der Waals surface area contributed by atoms with Gasteiger partial charge in [-0.1, -0.05) is 19.1 Å². The molecule has 0 aromatic rings. The van der Waals surface area contributed by atoms with Crippen molar-refractivity contribution in [3.05, 3.63) is 12.2 Å². The molecule has 0 radical (unpaired) electrons. The van der Waals surface area contributed by atoms with Gasteiger partial charge in [-0.25, -0.2) is 0 Å². The standard InChI is InChI=1S/C10H17NO3.C7H10O/c1-5-6-7(12)11-9(2)8(13-4)14-10(6,9)3;8-6-7-4-2-1-3-5-7/h6,8H,5H2,1-4H3,(H,11,12);2,4,6-7H,1,3,5H2/t6-,8?,9-,10-;/m0./s1. The average Bonchev–Trinajstić information content (AvgIpc) is 2.67. The normalized spacial score (nSPS) is 42.5. The second-order valence-corrected chi connectivity index (χ2v) is 6.60. The van der Waals surface area contributed by atoms with Crippen molar-refractivity contribution in [1.29, 1.82) is 0 Å². The Morgan fingerprint density at radius 1 is 1.50 bits per heavy atom. The summed E-state index contributed by atoms with van der Waals surface area (Å²) in [6, 6.07) is 0. The lowest BCUT2D eigenvalue weighted by Crippen LogP contribution is -2.75. The van der Waals surface area contributed by atoms with Crippen molar-refractivity contribution in [2.24, 2.45) is 11.8 Å². The average molecular weight is 309 g/mol. The zero-order valence-corrected chi connectivity index (χ0v) is 13.9. The first kappa shape index (κ1) is 17.2. The van der Waals surface area contributed by atoms with E-state index in [4.69, 9.17) is 9.47 Å². The molecule has 1 N–H and O–H groups in total. The van der Waals surface area contributed by atoms with Crippen LogP contribution in [0.1, 0.15) is 46.5 Å². The summed E-state index contributed by atoms with van der Waals surface area (Å²) in [7, 11) is 1.60. The van der Waals surface area contributed by atoms with Gasteiger partial charge in [-0.15, -0.1) is 0 Å². The quantitative estimate of drug-likeness (QED) is 0.641. The zero-order valence-electron chi connectivity index (χ0n) is 13.9. The van der Waals surface area contributed by atoms with Gasteiger partial charge in [-0.05, 0) is 39.5 Å². The van der Waals surface area contributed by atoms with Crippen LogP contribution in [0.15, 0.2) is 12.2 Å². The third-order valence-corrected chi connectivity index (χ3v) is 5.31. The SMILES string of the molecule is CC[C@H]1C(=O)N[C@@]2(C)C(OC)O[C@@]12C.O=CC1C=CCCC1. The van der Waals surface area contributed by atoms with Crippen molar-refractivity contribution in [2.75, 3.05) is 7.11 Å². The predicted octanol–water partition coefficient (Wildman–Crippen LogP) is 2.20. The van der Waals surface area contributed by atoms with Crippen LogP contribution < -0.4 is 5.32 Å². The highest BCUT2D eigenvalue weighted by Crippen LogP contribution is 2.52. The van der Waals surface area contributed by atoms with Gasteiger partial charge < -0.3 is 19.6 Å². The fraction of sp³-hybridized carbons (Fsp3) is 0.765. The summed E-state index contributed by atoms with van der Waals surface area (Å²) >= 11 is 0. The highest BCUT2D eigenvalue weighted by Gasteiger charge is 2.72. The third-order valence-electron chi connectivity index (χ3n) is 5.31. The molecule has 0 aromatic heterocycles. The number of fused-ring (bicyclic) bond motifs is 1. The topological polar surface area (TPSA) is 64.6 Å². The van der Waals surface area contributed by atoms with E-state index in [0.717, 1.165) is 25.5 Å². The molecule has 0 aromatic carbocycles. The Hall–Kier alpha value is -1.20. The maximum atomic E-state index is 11.7. The minimum Gasteiger partial charge on any atom is -0.353 e. The van der Waals surface area contributed by atoms with Gasteiger partial charge in [-0.2, -0.15) is 0 Å². The van der Waals surface area contributed by atoms with Crippen LogP contribution in [0.4, 0.5) is 0 Å². The van der Waals surface area contributed by atoms with E-state index < -0.39 is 5.60 Å². The third kappa shape index (κ3) is 2.61. The van der Waals surface area contributed by atoms with Crippen molar-refractivity contribution in [1.82, 2.24) is 5.32 Å². The van der Waals surface area contributed by atoms with Gasteiger partial charge in [0.2, 0.25) is 5.91 Å². The largest absolute Gasteiger partial charge is 0.353 e. The van der Waals surface area contributed by atoms with Crippen LogP contribution in [0.2, 0.25) is 0 Å². The van der Waals surface area contributed by atoms with Gasteiger partial charge in [0.25, 0.3) is 0 Å². The molecule has 124 valence electrons. The van der Waals surface area contributed by atoms with Crippen molar-refractivity contribution in [2.45, 2.75) is 63.9 Å². The Balaban J connectivity index is 0.000000188. The smallest absolute Gasteiger partial charge is 0.226 e. The molecule has 5 atom stereocenters. The van der Waals surface area contributed by atoms with Crippen molar-refractivity contribution in [3.63, 3.8) is 0 Å². The number of carbonyl (C=O) groups excluding carboxylic acids is 2. The van der Waals surface area contributed by atoms with Crippen molar-refractivity contribution < 1.29 is 19.1 Å². The minimum absolute atomic E-state index is 0.0566. The first-order valence-corrected chi connectivity index (χ1v) is 8.07. The summed E-state index contributed by atoms with van der Waals surface area (Å²) in [6.07, 6.45) is 8.99. The molecule has 0 bridgehead atoms. The van der Waals surface area contributed by atoms with E-state index in [0.29, 0.717) is 0 Å². The highest BCUT2D eigenvalue weighted by molar-refractivity contribution is 5.85. The van der Waals surface area contributed by atoms with Crippen LogP contribution in [0, 0.1) is 11.8 Å². The van der Waals surface area contributed by atoms with E-state index >= 15 is 0 Å². The number of rotatable bonds is 3. The number of nitrogens with one attached hydrogen (secondary N) is 1. The van der Waals surface area contributed by atoms with E-state index in [-0.39, 0.29) is 29.6 Å². The Morgan fingerprint density at radius 3 is 2.68 bits per heavy atom. The molecule has 0 saturated carbocycles. The Kier molecular flexibility index (Phi) is 5.07. The minimum atomic E-state index is -0.403. The molecular formula is C17H27NO4. The molecule has 22 heavy (non-hydrogen) atoms. The fourth-order valence-corrected chi connectivity index (χ4v) is 3.67. The van der Waals surface area contributed by atoms with E-state index in [1.54, 1.807) is 7.11 Å². The Bertz CT molecular complexity index is 462. The Labute approximate surface area is 132 Å². The lowest BCUT2D eigenvalue weighted by Gasteiger charge is -2.56. The number of aldehydes is 1. The summed E-state index contributed by atoms with van der Waals surface area (Å²) < 4.78 is 10.8. The lowest BCUT2D eigenvalue weighted by atomic mass is 9.71. The van der Waals surface area contributed by atoms with Gasteiger partial charge >= 0.3 is 0 Å². The van der Waals surface area contributed by atoms with Crippen LogP contribution in [0.3, 0.4) is 0 Å². The second kappa shape index (κ2) is 6.50. The number of ether oxygens (including phenoxy) is 2. The maximum Gasteiger partial charge on any atom is 0.226 e. The molecule has 3 rings (SSSR count). The molecular weight excluding hydrogens is 282 g/mol. The molecule has 0 spiro atoms. The molecule has 2 fully saturated rings. The monoisotopic (exact) mass is 309 g/mol. The summed E-state index contributed by atoms with van der Waals surface area (Å²) in [5, 5.41) is 2.98. The van der Waals surface area contributed by atoms with Gasteiger partial charge in [0, 0.05) is 13.0 Å². The molecule has 2 saturated heterocycles. The number of methoxy groups -OCH3 is 1. The zero-order chi connectivity index (χ0) is 16.4. The van der Waals surface area contributed by atoms with Crippen molar-refractivity contribution >= 4 is 12.2 Å². The van der Waals surface area contributed by atoms with Crippen LogP contribution in [-0.4, -0.2) is 36.7 Å². The molecule has 1 aliphatic carbocycles. The number of allylic oxidation sites excluding steroid dienone is 2. The lowest BCUT2D eigenvalue weighted by molar-refractivity contribution is -0.351. The highest BCUT2D eigenvalue weighted by atomic mass is 16.7. The van der Waals surface area contributed by atoms with E-state index in [9.17, 15) is 9.59 Å². The number of hydrogen-bond donors (Lipinski definition) is 1. The van der Waals surface area contributed by atoms with Gasteiger partial charge in [-0.3, -0.25) is 4.79 Å². The Morgan fingerprint density at radius 2 is 2.23 bits per heavy atom. The van der Waals surface area contributed by atoms with Crippen LogP contribution in [0.25, 0.3) is 0 Å². The predicted molar refractivity (Wildman–Crippen MR) is 83.2 cm³/mol. The molecule has 5 heteroatoms. The number of hydrogen-bond acceptors (Lipinski definition) is 4. The van der Waals surface area contributed by atoms with Crippen LogP contribution >= 0.6 is 0 Å². The summed E-state index contributed by atoms with van der Waals surface area (Å²) in [5.74, 6) is 0.250. The molecule has 5 nitrogen and oxygen atoms in total. The maximum absolute atomic E-state index is 11.7. The fourth-order valence-electron chi connectivity index (χ4n) is 3.67. The summed E-state index contributed by atoms with van der Waals surface area (Å²) in [5.41, 5.74) is -0.765. The second-order valence-electron chi connectivity index (χ2n) is 6.60. The van der Waals surface area contributed by atoms with E-state index in [2.05, 4.69) is 11.4 Å². The molecule has 2 unspecified atom stereocenters. The number of carbonyl (C=O) groups is 2. The number of amides is 1. The van der Waals surface area contributed by atoms with Crippen LogP contribution in [0.5, 0.6) is 0 Å². The van der Waals surface area contributed by atoms with Crippen LogP contribution in [-0.2, 0) is 19.1 Å². The first-order chi connectivity index (χ1) is 10.4. The summed E-state index contributed by atoms with van der Waals surface area (Å²) in [6.45, 7) is 5.97. The van der Waals surface area contributed by atoms with Gasteiger partial charge in [0.05, 0.1) is 5.92 Å². The van der Waals surface area contributed by atoms with Crippen molar-refractivity contribution in [3.8, 4) is 0 Å². The molecule has 1 amide bonds.